The summed E-state index contributed by atoms with van der Waals surface area (Å²) in [6.07, 6.45) is 5.46. The molecule has 8 nitrogen and oxygen atoms in total. The number of carbonyl (C=O) groups excluding carboxylic acids is 1. The van der Waals surface area contributed by atoms with Gasteiger partial charge < -0.3 is 14.5 Å². The predicted molar refractivity (Wildman–Crippen MR) is 125 cm³/mol. The van der Waals surface area contributed by atoms with E-state index in [2.05, 4.69) is 20.3 Å². The minimum atomic E-state index is -0.202. The molecule has 168 valence electrons. The highest BCUT2D eigenvalue weighted by atomic mass is 16.1. The number of imidazole rings is 1. The van der Waals surface area contributed by atoms with E-state index < -0.39 is 0 Å². The van der Waals surface area contributed by atoms with Crippen LogP contribution in [0.5, 0.6) is 0 Å². The molecule has 0 fully saturated rings. The maximum absolute atomic E-state index is 13.1. The zero-order valence-corrected chi connectivity index (χ0v) is 19.3. The molecule has 33 heavy (non-hydrogen) atoms. The predicted octanol–water partition coefficient (Wildman–Crippen LogP) is 3.06. The second kappa shape index (κ2) is 9.20. The normalized spacial score (nSPS) is 10.9. The molecule has 4 rings (SSSR count). The third-order valence-electron chi connectivity index (χ3n) is 5.44. The van der Waals surface area contributed by atoms with E-state index in [4.69, 9.17) is 5.41 Å². The van der Waals surface area contributed by atoms with Crippen molar-refractivity contribution in [2.75, 3.05) is 0 Å². The number of pyridine rings is 1. The number of nitrogens with zero attached hydrogens (tertiary/aromatic N) is 5. The summed E-state index contributed by atoms with van der Waals surface area (Å²) >= 11 is 0. The average molecular weight is 442 g/mol. The van der Waals surface area contributed by atoms with Gasteiger partial charge in [0.15, 0.2) is 0 Å². The smallest absolute Gasteiger partial charge is 0.251 e. The summed E-state index contributed by atoms with van der Waals surface area (Å²) in [7, 11) is 1.84. The van der Waals surface area contributed by atoms with Crippen LogP contribution in [0.2, 0.25) is 0 Å². The van der Waals surface area contributed by atoms with Crippen molar-refractivity contribution < 1.29 is 4.79 Å². The molecule has 0 saturated heterocycles. The molecule has 4 aromatic rings. The summed E-state index contributed by atoms with van der Waals surface area (Å²) in [4.78, 5) is 26.3. The first-order valence-electron chi connectivity index (χ1n) is 10.7. The number of benzene rings is 1. The largest absolute Gasteiger partial charge is 0.345 e. The van der Waals surface area contributed by atoms with Gasteiger partial charge in [-0.25, -0.2) is 9.97 Å². The SMILES string of the molecule is Cc1cc(C)nc(CNC(=O)c2cc(Cn3ccn(C)c3=N)cc(-c3cccnc3C)c2)n1. The van der Waals surface area contributed by atoms with E-state index in [0.29, 0.717) is 23.6 Å². The number of aromatic nitrogens is 5. The van der Waals surface area contributed by atoms with Crippen LogP contribution in [0.4, 0.5) is 0 Å². The highest BCUT2D eigenvalue weighted by Crippen LogP contribution is 2.25. The van der Waals surface area contributed by atoms with Gasteiger partial charge >= 0.3 is 0 Å². The Morgan fingerprint density at radius 1 is 1.06 bits per heavy atom. The molecule has 3 heterocycles. The van der Waals surface area contributed by atoms with Crippen LogP contribution in [0.1, 0.15) is 38.8 Å². The Balaban J connectivity index is 1.67. The van der Waals surface area contributed by atoms with Crippen molar-refractivity contribution in [2.45, 2.75) is 33.9 Å². The zero-order chi connectivity index (χ0) is 23.5. The Morgan fingerprint density at radius 2 is 1.82 bits per heavy atom. The summed E-state index contributed by atoms with van der Waals surface area (Å²) in [5.74, 6) is 0.380. The van der Waals surface area contributed by atoms with Crippen molar-refractivity contribution in [3.8, 4) is 11.1 Å². The van der Waals surface area contributed by atoms with Crippen molar-refractivity contribution in [1.82, 2.24) is 29.4 Å². The molecule has 0 saturated carbocycles. The first-order valence-corrected chi connectivity index (χ1v) is 10.7. The Kier molecular flexibility index (Phi) is 6.17. The Morgan fingerprint density at radius 3 is 2.48 bits per heavy atom. The van der Waals surface area contributed by atoms with E-state index in [1.807, 2.05) is 81.2 Å². The molecule has 0 aliphatic rings. The highest BCUT2D eigenvalue weighted by molar-refractivity contribution is 5.95. The van der Waals surface area contributed by atoms with Crippen molar-refractivity contribution >= 4 is 5.91 Å². The third-order valence-corrected chi connectivity index (χ3v) is 5.44. The summed E-state index contributed by atoms with van der Waals surface area (Å²) in [6.45, 7) is 6.50. The van der Waals surface area contributed by atoms with Crippen LogP contribution in [0.25, 0.3) is 11.1 Å². The Labute approximate surface area is 192 Å². The van der Waals surface area contributed by atoms with Crippen LogP contribution in [0.15, 0.2) is 55.0 Å². The van der Waals surface area contributed by atoms with Gasteiger partial charge in [0.2, 0.25) is 5.62 Å². The van der Waals surface area contributed by atoms with Crippen LogP contribution in [0, 0.1) is 26.2 Å². The number of hydrogen-bond donors (Lipinski definition) is 2. The molecular weight excluding hydrogens is 414 g/mol. The number of nitrogens with one attached hydrogen (secondary N) is 2. The van der Waals surface area contributed by atoms with Crippen LogP contribution in [-0.2, 0) is 20.1 Å². The summed E-state index contributed by atoms with van der Waals surface area (Å²) in [5.41, 5.74) is 6.35. The quantitative estimate of drug-likeness (QED) is 0.480. The van der Waals surface area contributed by atoms with Gasteiger partial charge in [0.1, 0.15) is 5.82 Å². The van der Waals surface area contributed by atoms with Gasteiger partial charge in [-0.3, -0.25) is 15.2 Å². The summed E-state index contributed by atoms with van der Waals surface area (Å²) in [5, 5.41) is 11.2. The van der Waals surface area contributed by atoms with E-state index in [1.165, 1.54) is 0 Å². The van der Waals surface area contributed by atoms with Gasteiger partial charge in [0, 0.05) is 53.8 Å². The molecule has 8 heteroatoms. The molecule has 1 amide bonds. The summed E-state index contributed by atoms with van der Waals surface area (Å²) < 4.78 is 3.58. The van der Waals surface area contributed by atoms with Crippen molar-refractivity contribution in [1.29, 1.82) is 5.41 Å². The fourth-order valence-electron chi connectivity index (χ4n) is 3.85. The molecule has 2 N–H and O–H groups in total. The van der Waals surface area contributed by atoms with Gasteiger partial charge in [-0.2, -0.15) is 0 Å². The number of hydrogen-bond acceptors (Lipinski definition) is 5. The van der Waals surface area contributed by atoms with Crippen LogP contribution >= 0.6 is 0 Å². The number of carbonyl (C=O) groups is 1. The van der Waals surface area contributed by atoms with Crippen LogP contribution < -0.4 is 10.9 Å². The van der Waals surface area contributed by atoms with Crippen LogP contribution in [0.3, 0.4) is 0 Å². The molecule has 0 aliphatic heterocycles. The number of aryl methyl sites for hydroxylation is 4. The van der Waals surface area contributed by atoms with Gasteiger partial charge in [-0.1, -0.05) is 6.07 Å². The standard InChI is InChI=1S/C25H27N7O/c1-16-10-17(2)30-23(29-16)14-28-24(33)21-12-19(15-32-9-8-31(4)25(32)26)11-20(13-21)22-6-5-7-27-18(22)3/h5-13,26H,14-15H2,1-4H3,(H,28,33). The number of amides is 1. The second-order valence-corrected chi connectivity index (χ2v) is 8.17. The van der Waals surface area contributed by atoms with E-state index >= 15 is 0 Å². The lowest BCUT2D eigenvalue weighted by molar-refractivity contribution is 0.0949. The van der Waals surface area contributed by atoms with E-state index in [-0.39, 0.29) is 12.5 Å². The molecule has 0 unspecified atom stereocenters. The van der Waals surface area contributed by atoms with Gasteiger partial charge in [0.05, 0.1) is 13.1 Å². The minimum Gasteiger partial charge on any atom is -0.345 e. The second-order valence-electron chi connectivity index (χ2n) is 8.17. The lowest BCUT2D eigenvalue weighted by Gasteiger charge is -2.13. The van der Waals surface area contributed by atoms with Gasteiger partial charge in [-0.15, -0.1) is 0 Å². The maximum Gasteiger partial charge on any atom is 0.251 e. The Hall–Kier alpha value is -4.07. The minimum absolute atomic E-state index is 0.202. The zero-order valence-electron chi connectivity index (χ0n) is 19.3. The van der Waals surface area contributed by atoms with E-state index in [1.54, 1.807) is 10.8 Å². The van der Waals surface area contributed by atoms with Gasteiger partial charge in [0.25, 0.3) is 5.91 Å². The molecule has 0 atom stereocenters. The third kappa shape index (κ3) is 5.06. The lowest BCUT2D eigenvalue weighted by Crippen LogP contribution is -2.25. The number of rotatable bonds is 6. The van der Waals surface area contributed by atoms with Crippen molar-refractivity contribution in [2.24, 2.45) is 7.05 Å². The molecule has 0 spiro atoms. The van der Waals surface area contributed by atoms with E-state index in [0.717, 1.165) is 33.8 Å². The van der Waals surface area contributed by atoms with Gasteiger partial charge in [-0.05, 0) is 62.2 Å². The molecule has 0 radical (unpaired) electrons. The van der Waals surface area contributed by atoms with Crippen molar-refractivity contribution in [3.05, 3.63) is 94.6 Å². The van der Waals surface area contributed by atoms with E-state index in [9.17, 15) is 4.79 Å². The first kappa shape index (κ1) is 22.1. The topological polar surface area (TPSA) is 101 Å². The Bertz CT molecular complexity index is 1360. The summed E-state index contributed by atoms with van der Waals surface area (Å²) in [6, 6.07) is 11.6. The molecule has 0 bridgehead atoms. The fourth-order valence-corrected chi connectivity index (χ4v) is 3.85. The first-order chi connectivity index (χ1) is 15.8. The molecule has 3 aromatic heterocycles. The molecule has 0 aliphatic carbocycles. The maximum atomic E-state index is 13.1. The lowest BCUT2D eigenvalue weighted by atomic mass is 9.98. The highest BCUT2D eigenvalue weighted by Gasteiger charge is 2.13. The molecular formula is C25H27N7O. The van der Waals surface area contributed by atoms with Crippen molar-refractivity contribution in [3.63, 3.8) is 0 Å². The molecule has 1 aromatic carbocycles. The van der Waals surface area contributed by atoms with Crippen LogP contribution in [-0.4, -0.2) is 30.0 Å². The average Bonchev–Trinajstić information content (AvgIpc) is 3.09. The monoisotopic (exact) mass is 441 g/mol. The fraction of sp³-hybridized carbons (Fsp3) is 0.240.